The molecule has 130 valence electrons. The zero-order valence-electron chi connectivity index (χ0n) is 14.9. The van der Waals surface area contributed by atoms with Crippen LogP contribution in [0.25, 0.3) is 0 Å². The molecule has 0 radical (unpaired) electrons. The van der Waals surface area contributed by atoms with Gasteiger partial charge in [0.1, 0.15) is 0 Å². The average Bonchev–Trinajstić information content (AvgIpc) is 2.55. The number of hydrogen-bond acceptors (Lipinski definition) is 2. The van der Waals surface area contributed by atoms with Crippen LogP contribution in [0.4, 0.5) is 0 Å². The Morgan fingerprint density at radius 3 is 2.29 bits per heavy atom. The third-order valence-electron chi connectivity index (χ3n) is 6.79. The molecule has 0 aliphatic heterocycles. The number of nitrogens with one attached hydrogen (secondary N) is 1. The highest BCUT2D eigenvalue weighted by Gasteiger charge is 2.54. The highest BCUT2D eigenvalue weighted by atomic mass is 16.5. The van der Waals surface area contributed by atoms with Gasteiger partial charge >= 0.3 is 0 Å². The van der Waals surface area contributed by atoms with Gasteiger partial charge in [-0.1, -0.05) is 24.3 Å². The summed E-state index contributed by atoms with van der Waals surface area (Å²) in [6.07, 6.45) is 7.40. The van der Waals surface area contributed by atoms with E-state index in [2.05, 4.69) is 24.4 Å². The number of amides is 1. The zero-order chi connectivity index (χ0) is 16.7. The SMILES string of the molecule is COC(CNC(=O)C12CC3CC(CC(C3)C1)C2)c1ccccc1C. The van der Waals surface area contributed by atoms with Gasteiger partial charge in [-0.2, -0.15) is 0 Å². The van der Waals surface area contributed by atoms with E-state index < -0.39 is 0 Å². The fourth-order valence-corrected chi connectivity index (χ4v) is 6.03. The molecule has 3 heteroatoms. The first-order valence-electron chi connectivity index (χ1n) is 9.46. The summed E-state index contributed by atoms with van der Waals surface area (Å²) in [6.45, 7) is 2.67. The fraction of sp³-hybridized carbons (Fsp3) is 0.667. The van der Waals surface area contributed by atoms with Crippen molar-refractivity contribution in [1.82, 2.24) is 5.32 Å². The first-order chi connectivity index (χ1) is 11.6. The van der Waals surface area contributed by atoms with Gasteiger partial charge in [0.25, 0.3) is 0 Å². The molecule has 4 aliphatic carbocycles. The van der Waals surface area contributed by atoms with E-state index >= 15 is 0 Å². The van der Waals surface area contributed by atoms with E-state index in [1.165, 1.54) is 30.4 Å². The van der Waals surface area contributed by atoms with Crippen molar-refractivity contribution in [3.63, 3.8) is 0 Å². The molecular formula is C21H29NO2. The summed E-state index contributed by atoms with van der Waals surface area (Å²) in [5.74, 6) is 2.70. The van der Waals surface area contributed by atoms with Crippen molar-refractivity contribution >= 4 is 5.91 Å². The number of benzene rings is 1. The lowest BCUT2D eigenvalue weighted by Crippen LogP contribution is -2.54. The summed E-state index contributed by atoms with van der Waals surface area (Å²) in [5.41, 5.74) is 2.32. The lowest BCUT2D eigenvalue weighted by molar-refractivity contribution is -0.146. The van der Waals surface area contributed by atoms with Gasteiger partial charge < -0.3 is 10.1 Å². The second-order valence-electron chi connectivity index (χ2n) is 8.49. The predicted molar refractivity (Wildman–Crippen MR) is 94.5 cm³/mol. The second kappa shape index (κ2) is 6.18. The van der Waals surface area contributed by atoms with Crippen LogP contribution in [0, 0.1) is 30.1 Å². The molecular weight excluding hydrogens is 298 g/mol. The number of aryl methyl sites for hydroxylation is 1. The molecule has 5 rings (SSSR count). The molecule has 1 aromatic rings. The van der Waals surface area contributed by atoms with Crippen LogP contribution in [-0.4, -0.2) is 19.6 Å². The van der Waals surface area contributed by atoms with Crippen molar-refractivity contribution < 1.29 is 9.53 Å². The Labute approximate surface area is 145 Å². The molecule has 24 heavy (non-hydrogen) atoms. The highest BCUT2D eigenvalue weighted by Crippen LogP contribution is 2.60. The van der Waals surface area contributed by atoms with Gasteiger partial charge in [0.05, 0.1) is 6.10 Å². The molecule has 4 aliphatic rings. The number of rotatable bonds is 5. The van der Waals surface area contributed by atoms with Crippen molar-refractivity contribution in [1.29, 1.82) is 0 Å². The normalized spacial score (nSPS) is 35.0. The Morgan fingerprint density at radius 1 is 1.17 bits per heavy atom. The quantitative estimate of drug-likeness (QED) is 0.887. The molecule has 0 spiro atoms. The second-order valence-corrected chi connectivity index (χ2v) is 8.49. The summed E-state index contributed by atoms with van der Waals surface area (Å²) >= 11 is 0. The molecule has 3 nitrogen and oxygen atoms in total. The van der Waals surface area contributed by atoms with E-state index in [-0.39, 0.29) is 17.4 Å². The van der Waals surface area contributed by atoms with Crippen molar-refractivity contribution in [2.45, 2.75) is 51.6 Å². The molecule has 1 atom stereocenters. The van der Waals surface area contributed by atoms with Crippen molar-refractivity contribution in [3.8, 4) is 0 Å². The number of carbonyl (C=O) groups is 1. The molecule has 0 saturated heterocycles. The van der Waals surface area contributed by atoms with Crippen LogP contribution in [0.15, 0.2) is 24.3 Å². The number of carbonyl (C=O) groups excluding carboxylic acids is 1. The van der Waals surface area contributed by atoms with Crippen molar-refractivity contribution in [2.75, 3.05) is 13.7 Å². The fourth-order valence-electron chi connectivity index (χ4n) is 6.03. The maximum Gasteiger partial charge on any atom is 0.226 e. The molecule has 4 bridgehead atoms. The van der Waals surface area contributed by atoms with Crippen LogP contribution in [-0.2, 0) is 9.53 Å². The summed E-state index contributed by atoms with van der Waals surface area (Å²) in [7, 11) is 1.73. The van der Waals surface area contributed by atoms with E-state index in [9.17, 15) is 4.79 Å². The highest BCUT2D eigenvalue weighted by molar-refractivity contribution is 5.83. The maximum absolute atomic E-state index is 13.1. The smallest absolute Gasteiger partial charge is 0.226 e. The van der Waals surface area contributed by atoms with E-state index in [1.807, 2.05) is 12.1 Å². The van der Waals surface area contributed by atoms with Gasteiger partial charge in [-0.25, -0.2) is 0 Å². The standard InChI is InChI=1S/C21H29NO2/c1-14-5-3-4-6-18(14)19(24-2)13-22-20(23)21-10-15-7-16(11-21)9-17(8-15)12-21/h3-6,15-17,19H,7-13H2,1-2H3,(H,22,23). The first-order valence-corrected chi connectivity index (χ1v) is 9.46. The lowest BCUT2D eigenvalue weighted by atomic mass is 9.49. The van der Waals surface area contributed by atoms with Crippen LogP contribution in [0.2, 0.25) is 0 Å². The van der Waals surface area contributed by atoms with Crippen LogP contribution < -0.4 is 5.32 Å². The average molecular weight is 327 g/mol. The molecule has 1 N–H and O–H groups in total. The Hall–Kier alpha value is -1.35. The van der Waals surface area contributed by atoms with Crippen molar-refractivity contribution in [3.05, 3.63) is 35.4 Å². The topological polar surface area (TPSA) is 38.3 Å². The Kier molecular flexibility index (Phi) is 4.16. The third kappa shape index (κ3) is 2.77. The third-order valence-corrected chi connectivity index (χ3v) is 6.79. The largest absolute Gasteiger partial charge is 0.375 e. The number of ether oxygens (including phenoxy) is 1. The van der Waals surface area contributed by atoms with Crippen molar-refractivity contribution in [2.24, 2.45) is 23.2 Å². The lowest BCUT2D eigenvalue weighted by Gasteiger charge is -2.55. The minimum absolute atomic E-state index is 0.0657. The van der Waals surface area contributed by atoms with Crippen LogP contribution in [0.3, 0.4) is 0 Å². The van der Waals surface area contributed by atoms with E-state index in [0.29, 0.717) is 6.54 Å². The minimum atomic E-state index is -0.0707. The monoisotopic (exact) mass is 327 g/mol. The van der Waals surface area contributed by atoms with Gasteiger partial charge in [-0.3, -0.25) is 4.79 Å². The molecule has 0 heterocycles. The summed E-state index contributed by atoms with van der Waals surface area (Å²) in [5, 5.41) is 3.25. The molecule has 1 unspecified atom stereocenters. The number of hydrogen-bond donors (Lipinski definition) is 1. The van der Waals surface area contributed by atoms with Crippen LogP contribution in [0.5, 0.6) is 0 Å². The molecule has 0 aromatic heterocycles. The molecule has 4 saturated carbocycles. The Morgan fingerprint density at radius 2 is 1.75 bits per heavy atom. The Bertz CT molecular complexity index is 589. The molecule has 1 amide bonds. The Balaban J connectivity index is 1.44. The maximum atomic E-state index is 13.1. The van der Waals surface area contributed by atoms with Gasteiger partial charge in [0, 0.05) is 19.1 Å². The van der Waals surface area contributed by atoms with E-state index in [1.54, 1.807) is 7.11 Å². The summed E-state index contributed by atoms with van der Waals surface area (Å²) in [6, 6.07) is 8.28. The minimum Gasteiger partial charge on any atom is -0.375 e. The predicted octanol–water partition coefficient (Wildman–Crippen LogP) is 4.02. The number of methoxy groups -OCH3 is 1. The zero-order valence-corrected chi connectivity index (χ0v) is 14.9. The molecule has 4 fully saturated rings. The van der Waals surface area contributed by atoms with Gasteiger partial charge in [0.2, 0.25) is 5.91 Å². The summed E-state index contributed by atoms with van der Waals surface area (Å²) < 4.78 is 5.67. The van der Waals surface area contributed by atoms with Gasteiger partial charge in [0.15, 0.2) is 0 Å². The van der Waals surface area contributed by atoms with Gasteiger partial charge in [-0.05, 0) is 74.3 Å². The molecule has 1 aromatic carbocycles. The van der Waals surface area contributed by atoms with Crippen LogP contribution >= 0.6 is 0 Å². The van der Waals surface area contributed by atoms with E-state index in [4.69, 9.17) is 4.74 Å². The summed E-state index contributed by atoms with van der Waals surface area (Å²) in [4.78, 5) is 13.1. The van der Waals surface area contributed by atoms with Crippen LogP contribution in [0.1, 0.15) is 55.8 Å². The van der Waals surface area contributed by atoms with Gasteiger partial charge in [-0.15, -0.1) is 0 Å². The first kappa shape index (κ1) is 16.1. The van der Waals surface area contributed by atoms with E-state index in [0.717, 1.165) is 37.0 Å².